The smallest absolute Gasteiger partial charge is 0.221 e. The maximum atomic E-state index is 9.49. The molecule has 0 saturated carbocycles. The predicted octanol–water partition coefficient (Wildman–Crippen LogP) is 3.86. The van der Waals surface area contributed by atoms with E-state index >= 15 is 0 Å². The summed E-state index contributed by atoms with van der Waals surface area (Å²) in [5, 5.41) is 22.6. The van der Waals surface area contributed by atoms with Crippen molar-refractivity contribution in [1.29, 1.82) is 0 Å². The lowest BCUT2D eigenvalue weighted by Gasteiger charge is -2.30. The molecule has 3 aromatic heterocycles. The number of fused-ring (bicyclic) bond motifs is 3. The molecule has 0 aliphatic carbocycles. The van der Waals surface area contributed by atoms with Crippen molar-refractivity contribution in [2.45, 2.75) is 60.6 Å². The van der Waals surface area contributed by atoms with E-state index in [0.29, 0.717) is 31.2 Å². The summed E-state index contributed by atoms with van der Waals surface area (Å²) in [6.07, 6.45) is 5.55. The van der Waals surface area contributed by atoms with E-state index in [9.17, 15) is 5.11 Å². The lowest BCUT2D eigenvalue weighted by Crippen LogP contribution is -2.42. The van der Waals surface area contributed by atoms with Gasteiger partial charge in [-0.05, 0) is 52.8 Å². The van der Waals surface area contributed by atoms with Crippen molar-refractivity contribution < 1.29 is 9.84 Å². The van der Waals surface area contributed by atoms with Crippen molar-refractivity contribution in [2.75, 3.05) is 26.2 Å². The lowest BCUT2D eigenvalue weighted by molar-refractivity contribution is 0.128. The molecule has 0 amide bonds. The first-order chi connectivity index (χ1) is 18.2. The summed E-state index contributed by atoms with van der Waals surface area (Å²) < 4.78 is 8.28. The number of rotatable bonds is 3. The molecule has 4 heterocycles. The Labute approximate surface area is 225 Å². The van der Waals surface area contributed by atoms with Gasteiger partial charge in [-0.15, -0.1) is 0 Å². The minimum Gasteiger partial charge on any atom is -0.473 e. The van der Waals surface area contributed by atoms with Crippen molar-refractivity contribution in [3.8, 4) is 17.1 Å². The van der Waals surface area contributed by atoms with Crippen LogP contribution in [0.15, 0.2) is 34.6 Å². The van der Waals surface area contributed by atoms with Crippen LogP contribution in [0.25, 0.3) is 28.2 Å². The highest BCUT2D eigenvalue weighted by Crippen LogP contribution is 2.34. The van der Waals surface area contributed by atoms with Crippen LogP contribution in [0.4, 0.5) is 0 Å². The van der Waals surface area contributed by atoms with E-state index in [2.05, 4.69) is 41.0 Å². The predicted molar refractivity (Wildman–Crippen MR) is 154 cm³/mol. The van der Waals surface area contributed by atoms with Crippen LogP contribution in [0.3, 0.4) is 0 Å². The fraction of sp³-hybridized carbons (Fsp3) is 0.500. The maximum Gasteiger partial charge on any atom is 0.221 e. The van der Waals surface area contributed by atoms with Gasteiger partial charge in [0, 0.05) is 42.8 Å². The van der Waals surface area contributed by atoms with Crippen molar-refractivity contribution in [3.05, 3.63) is 41.0 Å². The number of ether oxygens (including phenoxy) is 1. The van der Waals surface area contributed by atoms with Crippen LogP contribution in [0.5, 0.6) is 5.88 Å². The van der Waals surface area contributed by atoms with Crippen LogP contribution in [0, 0.1) is 6.92 Å². The number of aliphatic hydroxyl groups excluding tert-OH is 1. The van der Waals surface area contributed by atoms with Gasteiger partial charge in [-0.1, -0.05) is 13.8 Å². The number of aromatic nitrogens is 5. The second kappa shape index (κ2) is 12.8. The molecule has 206 valence electrons. The van der Waals surface area contributed by atoms with E-state index < -0.39 is 0 Å². The van der Waals surface area contributed by atoms with Gasteiger partial charge in [-0.25, -0.2) is 4.68 Å². The highest BCUT2D eigenvalue weighted by atomic mass is 16.5. The van der Waals surface area contributed by atoms with Crippen LogP contribution in [-0.4, -0.2) is 79.1 Å². The number of pyridine rings is 1. The van der Waals surface area contributed by atoms with Crippen molar-refractivity contribution in [2.24, 2.45) is 17.8 Å². The number of nitrogens with one attached hydrogen (secondary N) is 1. The van der Waals surface area contributed by atoms with Crippen molar-refractivity contribution in [1.82, 2.24) is 29.9 Å². The topological polar surface area (TPSA) is 130 Å². The zero-order valence-electron chi connectivity index (χ0n) is 23.9. The van der Waals surface area contributed by atoms with E-state index in [1.807, 2.05) is 53.0 Å². The van der Waals surface area contributed by atoms with Gasteiger partial charge in [0.25, 0.3) is 0 Å². The Balaban J connectivity index is 0.00000195. The number of H-pyrrole nitrogens is 1. The van der Waals surface area contributed by atoms with Crippen LogP contribution in [-0.2, 0) is 7.05 Å². The molecule has 10 heteroatoms. The summed E-state index contributed by atoms with van der Waals surface area (Å²) in [4.78, 5) is 11.7. The standard InChI is InChI=1S/C26H36N8O2.C2H6/c1-15(2)34-13-16(3)36-26-25(18(5)32-33(26)6)22-11-20-21(30-31-23(20)12-29-22)8-7-19(17(4)27)24(14-34)28-9-10-35;1-2/h7-8,11-12,15-16,35H,9-10,13-14,27H2,1-6H3,(H,30,31);1-2H3/b8-7+,19-17-,28-24?;. The van der Waals surface area contributed by atoms with E-state index in [0.717, 1.165) is 44.8 Å². The molecule has 4 rings (SSSR count). The molecule has 0 spiro atoms. The summed E-state index contributed by atoms with van der Waals surface area (Å²) in [6, 6.07) is 2.24. The summed E-state index contributed by atoms with van der Waals surface area (Å²) >= 11 is 0. The molecule has 1 aliphatic rings. The molecule has 2 bridgehead atoms. The van der Waals surface area contributed by atoms with Gasteiger partial charge in [0.15, 0.2) is 0 Å². The Morgan fingerprint density at radius 3 is 2.71 bits per heavy atom. The van der Waals surface area contributed by atoms with Crippen LogP contribution in [0.2, 0.25) is 0 Å². The molecule has 10 nitrogen and oxygen atoms in total. The highest BCUT2D eigenvalue weighted by molar-refractivity contribution is 6.05. The summed E-state index contributed by atoms with van der Waals surface area (Å²) in [5.74, 6) is 0.679. The van der Waals surface area contributed by atoms with Gasteiger partial charge in [0.2, 0.25) is 5.88 Å². The first kappa shape index (κ1) is 29.1. The maximum absolute atomic E-state index is 9.49. The molecular weight excluding hydrogens is 480 g/mol. The fourth-order valence-electron chi connectivity index (χ4n) is 4.50. The first-order valence-corrected chi connectivity index (χ1v) is 13.3. The quantitative estimate of drug-likeness (QED) is 0.476. The van der Waals surface area contributed by atoms with Gasteiger partial charge in [-0.2, -0.15) is 10.2 Å². The number of allylic oxidation sites excluding steroid dienone is 2. The Kier molecular flexibility index (Phi) is 9.82. The number of aliphatic hydroxyl groups is 1. The molecule has 0 fully saturated rings. The van der Waals surface area contributed by atoms with Crippen LogP contribution < -0.4 is 10.5 Å². The molecule has 0 aromatic carbocycles. The monoisotopic (exact) mass is 522 g/mol. The molecule has 4 N–H and O–H groups in total. The highest BCUT2D eigenvalue weighted by Gasteiger charge is 2.24. The molecule has 38 heavy (non-hydrogen) atoms. The first-order valence-electron chi connectivity index (χ1n) is 13.3. The Morgan fingerprint density at radius 1 is 1.32 bits per heavy atom. The van der Waals surface area contributed by atoms with Crippen molar-refractivity contribution >= 4 is 22.7 Å². The number of nitrogens with zero attached hydrogens (tertiary/aromatic N) is 6. The zero-order valence-corrected chi connectivity index (χ0v) is 23.9. The second-order valence-corrected chi connectivity index (χ2v) is 9.55. The average Bonchev–Trinajstić information content (AvgIpc) is 3.40. The summed E-state index contributed by atoms with van der Waals surface area (Å²) in [5.41, 5.74) is 12.7. The summed E-state index contributed by atoms with van der Waals surface area (Å²) in [6.45, 7) is 15.7. The largest absolute Gasteiger partial charge is 0.473 e. The molecule has 1 aliphatic heterocycles. The van der Waals surface area contributed by atoms with Crippen molar-refractivity contribution in [3.63, 3.8) is 0 Å². The normalized spacial score (nSPS) is 19.9. The van der Waals surface area contributed by atoms with Crippen LogP contribution in [0.1, 0.15) is 52.9 Å². The number of hydrogen-bond donors (Lipinski definition) is 3. The Bertz CT molecular complexity index is 1330. The molecular formula is C28H42N8O2. The van der Waals surface area contributed by atoms with Gasteiger partial charge in [0.1, 0.15) is 6.10 Å². The number of aliphatic imine (C=N–C) groups is 1. The third-order valence-electron chi connectivity index (χ3n) is 6.34. The summed E-state index contributed by atoms with van der Waals surface area (Å²) in [7, 11) is 1.89. The fourth-order valence-corrected chi connectivity index (χ4v) is 4.50. The van der Waals surface area contributed by atoms with Gasteiger partial charge < -0.3 is 15.6 Å². The Morgan fingerprint density at radius 2 is 2.05 bits per heavy atom. The van der Waals surface area contributed by atoms with E-state index in [4.69, 9.17) is 20.4 Å². The SMILES string of the molecule is C/C(N)=C1\C=C\c2n[nH]c3cnc(cc23)-c2c(C)nn(C)c2OC(C)CN(C(C)C)CC1=NCCO.CC. The van der Waals surface area contributed by atoms with Crippen LogP contribution >= 0.6 is 0 Å². The third kappa shape index (κ3) is 6.31. The lowest BCUT2D eigenvalue weighted by atomic mass is 10.0. The third-order valence-corrected chi connectivity index (χ3v) is 6.34. The number of nitrogens with two attached hydrogens (primary N) is 1. The van der Waals surface area contributed by atoms with E-state index in [1.54, 1.807) is 10.9 Å². The van der Waals surface area contributed by atoms with Gasteiger partial charge in [0.05, 0.1) is 53.2 Å². The molecule has 0 saturated heterocycles. The minimum atomic E-state index is -0.139. The average molecular weight is 523 g/mol. The molecule has 1 atom stereocenters. The van der Waals surface area contributed by atoms with E-state index in [1.165, 1.54) is 0 Å². The Hall–Kier alpha value is -3.50. The van der Waals surface area contributed by atoms with Gasteiger partial charge >= 0.3 is 0 Å². The van der Waals surface area contributed by atoms with Gasteiger partial charge in [-0.3, -0.25) is 20.0 Å². The molecule has 1 unspecified atom stereocenters. The molecule has 0 radical (unpaired) electrons. The molecule has 3 aromatic rings. The second-order valence-electron chi connectivity index (χ2n) is 9.55. The number of hydrogen-bond acceptors (Lipinski definition) is 8. The minimum absolute atomic E-state index is 0.0340. The number of aromatic amines is 1. The van der Waals surface area contributed by atoms with E-state index in [-0.39, 0.29) is 18.8 Å². The number of aryl methyl sites for hydroxylation is 2. The zero-order chi connectivity index (χ0) is 28.0.